The van der Waals surface area contributed by atoms with Crippen LogP contribution >= 0.6 is 0 Å². The molecule has 4 heteroatoms. The first-order valence-corrected chi connectivity index (χ1v) is 6.84. The lowest BCUT2D eigenvalue weighted by molar-refractivity contribution is -0.146. The summed E-state index contributed by atoms with van der Waals surface area (Å²) < 4.78 is 10.8. The Balaban J connectivity index is 1.63. The molecule has 2 atom stereocenters. The van der Waals surface area contributed by atoms with Gasteiger partial charge in [0.1, 0.15) is 17.9 Å². The van der Waals surface area contributed by atoms with Gasteiger partial charge < -0.3 is 9.47 Å². The molecule has 3 rings (SSSR count). The average Bonchev–Trinajstić information content (AvgIpc) is 3.04. The van der Waals surface area contributed by atoms with Crippen molar-refractivity contribution < 1.29 is 14.3 Å². The van der Waals surface area contributed by atoms with Crippen molar-refractivity contribution in [3.05, 3.63) is 29.8 Å². The van der Waals surface area contributed by atoms with Crippen LogP contribution in [0.1, 0.15) is 18.4 Å². The van der Waals surface area contributed by atoms with Crippen molar-refractivity contribution >= 4 is 5.97 Å². The fourth-order valence-corrected chi connectivity index (χ4v) is 3.06. The van der Waals surface area contributed by atoms with Crippen LogP contribution in [0.2, 0.25) is 0 Å². The third-order valence-corrected chi connectivity index (χ3v) is 3.99. The third-order valence-electron chi connectivity index (χ3n) is 3.99. The fraction of sp³-hybridized carbons (Fsp3) is 0.533. The van der Waals surface area contributed by atoms with E-state index >= 15 is 0 Å². The molecule has 1 aromatic carbocycles. The first kappa shape index (κ1) is 12.5. The van der Waals surface area contributed by atoms with Gasteiger partial charge in [-0.25, -0.2) is 0 Å². The third kappa shape index (κ3) is 2.45. The van der Waals surface area contributed by atoms with Crippen molar-refractivity contribution in [1.29, 1.82) is 0 Å². The van der Waals surface area contributed by atoms with Crippen LogP contribution in [0.25, 0.3) is 0 Å². The summed E-state index contributed by atoms with van der Waals surface area (Å²) in [7, 11) is 1.46. The van der Waals surface area contributed by atoms with Gasteiger partial charge in [0.25, 0.3) is 0 Å². The summed E-state index contributed by atoms with van der Waals surface area (Å²) in [5.41, 5.74) is 1.27. The van der Waals surface area contributed by atoms with Crippen LogP contribution in [0.15, 0.2) is 24.3 Å². The molecule has 2 unspecified atom stereocenters. The molecule has 102 valence electrons. The molecule has 0 saturated carbocycles. The summed E-state index contributed by atoms with van der Waals surface area (Å²) in [5.74, 6) is 0.870. The molecule has 2 aliphatic rings. The van der Waals surface area contributed by atoms with E-state index in [9.17, 15) is 4.79 Å². The van der Waals surface area contributed by atoms with Crippen LogP contribution in [0.5, 0.6) is 5.75 Å². The van der Waals surface area contributed by atoms with Crippen molar-refractivity contribution in [1.82, 2.24) is 4.90 Å². The number of benzene rings is 1. The minimum atomic E-state index is -0.118. The molecular formula is C15H19NO3. The molecule has 0 aliphatic carbocycles. The Labute approximate surface area is 113 Å². The number of ether oxygens (including phenoxy) is 2. The highest BCUT2D eigenvalue weighted by molar-refractivity contribution is 5.76. The van der Waals surface area contributed by atoms with Gasteiger partial charge in [-0.2, -0.15) is 0 Å². The SMILES string of the molecule is COC(=O)C1CCCN1CC1Cc2ccccc2O1. The van der Waals surface area contributed by atoms with E-state index in [4.69, 9.17) is 9.47 Å². The summed E-state index contributed by atoms with van der Waals surface area (Å²) in [5, 5.41) is 0. The van der Waals surface area contributed by atoms with E-state index in [0.717, 1.165) is 38.1 Å². The van der Waals surface area contributed by atoms with Crippen molar-refractivity contribution in [3.8, 4) is 5.75 Å². The standard InChI is InChI=1S/C15H19NO3/c1-18-15(17)13-6-4-8-16(13)10-12-9-11-5-2-3-7-14(11)19-12/h2-3,5,7,12-13H,4,6,8-10H2,1H3. The molecule has 19 heavy (non-hydrogen) atoms. The van der Waals surface area contributed by atoms with Crippen LogP contribution < -0.4 is 4.74 Å². The van der Waals surface area contributed by atoms with Crippen molar-refractivity contribution in [2.75, 3.05) is 20.2 Å². The van der Waals surface area contributed by atoms with Gasteiger partial charge in [0.15, 0.2) is 0 Å². The van der Waals surface area contributed by atoms with Crippen molar-refractivity contribution in [2.45, 2.75) is 31.4 Å². The number of hydrogen-bond acceptors (Lipinski definition) is 4. The Hall–Kier alpha value is -1.55. The zero-order chi connectivity index (χ0) is 13.2. The number of hydrogen-bond donors (Lipinski definition) is 0. The predicted octanol–water partition coefficient (Wildman–Crippen LogP) is 1.63. The van der Waals surface area contributed by atoms with Gasteiger partial charge in [0.2, 0.25) is 0 Å². The van der Waals surface area contributed by atoms with Crippen LogP contribution in [-0.4, -0.2) is 43.2 Å². The Morgan fingerprint density at radius 2 is 2.32 bits per heavy atom. The molecule has 0 spiro atoms. The quantitative estimate of drug-likeness (QED) is 0.775. The monoisotopic (exact) mass is 261 g/mol. The molecule has 2 heterocycles. The highest BCUT2D eigenvalue weighted by Gasteiger charge is 2.34. The number of para-hydroxylation sites is 1. The van der Waals surface area contributed by atoms with Crippen LogP contribution in [-0.2, 0) is 16.0 Å². The number of likely N-dealkylation sites (tertiary alicyclic amines) is 1. The average molecular weight is 261 g/mol. The number of carbonyl (C=O) groups is 1. The van der Waals surface area contributed by atoms with E-state index in [2.05, 4.69) is 11.0 Å². The molecule has 0 amide bonds. The van der Waals surface area contributed by atoms with E-state index in [1.807, 2.05) is 18.2 Å². The van der Waals surface area contributed by atoms with Crippen LogP contribution in [0, 0.1) is 0 Å². The minimum Gasteiger partial charge on any atom is -0.488 e. The van der Waals surface area contributed by atoms with E-state index in [0.29, 0.717) is 0 Å². The van der Waals surface area contributed by atoms with Gasteiger partial charge >= 0.3 is 5.97 Å². The molecule has 0 bridgehead atoms. The van der Waals surface area contributed by atoms with Crippen LogP contribution in [0.4, 0.5) is 0 Å². The summed E-state index contributed by atoms with van der Waals surface area (Å²) in [6.07, 6.45) is 3.04. The van der Waals surface area contributed by atoms with E-state index < -0.39 is 0 Å². The Morgan fingerprint density at radius 1 is 1.47 bits per heavy atom. The smallest absolute Gasteiger partial charge is 0.323 e. The lowest BCUT2D eigenvalue weighted by atomic mass is 10.1. The maximum Gasteiger partial charge on any atom is 0.323 e. The Morgan fingerprint density at radius 3 is 3.11 bits per heavy atom. The lowest BCUT2D eigenvalue weighted by Crippen LogP contribution is -2.42. The molecule has 0 N–H and O–H groups in total. The molecule has 2 aliphatic heterocycles. The van der Waals surface area contributed by atoms with Crippen LogP contribution in [0.3, 0.4) is 0 Å². The number of esters is 1. The number of nitrogens with zero attached hydrogens (tertiary/aromatic N) is 1. The fourth-order valence-electron chi connectivity index (χ4n) is 3.06. The second-order valence-corrected chi connectivity index (χ2v) is 5.23. The Kier molecular flexibility index (Phi) is 3.42. The second-order valence-electron chi connectivity index (χ2n) is 5.23. The zero-order valence-corrected chi connectivity index (χ0v) is 11.2. The summed E-state index contributed by atoms with van der Waals surface area (Å²) >= 11 is 0. The minimum absolute atomic E-state index is 0.0858. The number of carbonyl (C=O) groups excluding carboxylic acids is 1. The van der Waals surface area contributed by atoms with Gasteiger partial charge in [-0.15, -0.1) is 0 Å². The molecule has 1 aromatic rings. The molecule has 1 saturated heterocycles. The summed E-state index contributed by atoms with van der Waals surface area (Å²) in [6, 6.07) is 8.07. The summed E-state index contributed by atoms with van der Waals surface area (Å²) in [4.78, 5) is 13.9. The largest absolute Gasteiger partial charge is 0.488 e. The number of fused-ring (bicyclic) bond motifs is 1. The zero-order valence-electron chi connectivity index (χ0n) is 11.2. The van der Waals surface area contributed by atoms with Gasteiger partial charge in [-0.05, 0) is 31.0 Å². The number of methoxy groups -OCH3 is 1. The predicted molar refractivity (Wildman–Crippen MR) is 71.2 cm³/mol. The van der Waals surface area contributed by atoms with Crippen molar-refractivity contribution in [2.24, 2.45) is 0 Å². The lowest BCUT2D eigenvalue weighted by Gasteiger charge is -2.25. The van der Waals surface area contributed by atoms with Gasteiger partial charge in [-0.1, -0.05) is 18.2 Å². The second kappa shape index (κ2) is 5.21. The van der Waals surface area contributed by atoms with Gasteiger partial charge in [-0.3, -0.25) is 9.69 Å². The highest BCUT2D eigenvalue weighted by Crippen LogP contribution is 2.29. The van der Waals surface area contributed by atoms with E-state index in [-0.39, 0.29) is 18.1 Å². The maximum absolute atomic E-state index is 11.7. The first-order valence-electron chi connectivity index (χ1n) is 6.84. The molecule has 0 radical (unpaired) electrons. The first-order chi connectivity index (χ1) is 9.28. The maximum atomic E-state index is 11.7. The topological polar surface area (TPSA) is 38.8 Å². The molecule has 0 aromatic heterocycles. The molecular weight excluding hydrogens is 242 g/mol. The summed E-state index contributed by atoms with van der Waals surface area (Å²) in [6.45, 7) is 1.75. The molecule has 4 nitrogen and oxygen atoms in total. The van der Waals surface area contributed by atoms with E-state index in [1.54, 1.807) is 0 Å². The van der Waals surface area contributed by atoms with E-state index in [1.165, 1.54) is 12.7 Å². The Bertz CT molecular complexity index is 449. The highest BCUT2D eigenvalue weighted by atomic mass is 16.5. The van der Waals surface area contributed by atoms with Crippen molar-refractivity contribution in [3.63, 3.8) is 0 Å². The molecule has 1 fully saturated rings. The number of rotatable bonds is 3. The normalized spacial score (nSPS) is 25.9. The van der Waals surface area contributed by atoms with Gasteiger partial charge in [0, 0.05) is 13.0 Å². The van der Waals surface area contributed by atoms with Gasteiger partial charge in [0.05, 0.1) is 7.11 Å².